The molecular weight excluding hydrogens is 216 g/mol. The number of nitrogens with zero attached hydrogens (tertiary/aromatic N) is 3. The van der Waals surface area contributed by atoms with E-state index in [1.165, 1.54) is 0 Å². The van der Waals surface area contributed by atoms with E-state index in [1.54, 1.807) is 4.68 Å². The van der Waals surface area contributed by atoms with Crippen LogP contribution in [0.15, 0.2) is 0 Å². The number of rotatable bonds is 7. The summed E-state index contributed by atoms with van der Waals surface area (Å²) >= 11 is 0. The molecule has 5 heteroatoms. The van der Waals surface area contributed by atoms with Gasteiger partial charge in [-0.1, -0.05) is 12.8 Å². The molecule has 0 radical (unpaired) electrons. The van der Waals surface area contributed by atoms with Crippen LogP contribution in [0.4, 0.5) is 5.82 Å². The smallest absolute Gasteiger partial charge is 0.142 e. The van der Waals surface area contributed by atoms with Gasteiger partial charge < -0.3 is 10.4 Å². The molecule has 0 saturated carbocycles. The summed E-state index contributed by atoms with van der Waals surface area (Å²) in [4.78, 5) is 0. The molecule has 0 unspecified atom stereocenters. The van der Waals surface area contributed by atoms with E-state index in [0.29, 0.717) is 5.56 Å². The summed E-state index contributed by atoms with van der Waals surface area (Å²) in [6.45, 7) is 2.94. The molecule has 0 saturated heterocycles. The first-order chi connectivity index (χ1) is 8.20. The minimum atomic E-state index is 0.271. The fourth-order valence-electron chi connectivity index (χ4n) is 1.79. The summed E-state index contributed by atoms with van der Waals surface area (Å²) in [5.74, 6) is 0.798. The number of aliphatic hydroxyl groups is 1. The maximum absolute atomic E-state index is 9.01. The zero-order chi connectivity index (χ0) is 12.7. The molecule has 2 N–H and O–H groups in total. The molecule has 5 nitrogen and oxygen atoms in total. The number of hydrogen-bond donors (Lipinski definition) is 2. The number of nitriles is 1. The highest BCUT2D eigenvalue weighted by atomic mass is 16.2. The van der Waals surface area contributed by atoms with Crippen molar-refractivity contribution in [1.82, 2.24) is 9.78 Å². The Morgan fingerprint density at radius 3 is 2.71 bits per heavy atom. The Bertz CT molecular complexity index is 392. The van der Waals surface area contributed by atoms with Crippen LogP contribution in [0.5, 0.6) is 0 Å². The van der Waals surface area contributed by atoms with Gasteiger partial charge in [-0.3, -0.25) is 4.68 Å². The Hall–Kier alpha value is -1.54. The average molecular weight is 236 g/mol. The molecule has 0 atom stereocenters. The third-order valence-electron chi connectivity index (χ3n) is 2.71. The molecule has 1 aromatic heterocycles. The van der Waals surface area contributed by atoms with E-state index in [4.69, 9.17) is 10.4 Å². The maximum atomic E-state index is 9.01. The van der Waals surface area contributed by atoms with E-state index in [9.17, 15) is 0 Å². The predicted octanol–water partition coefficient (Wildman–Crippen LogP) is 1.56. The summed E-state index contributed by atoms with van der Waals surface area (Å²) in [6, 6.07) is 2.17. The highest BCUT2D eigenvalue weighted by Gasteiger charge is 2.11. The zero-order valence-electron chi connectivity index (χ0n) is 10.5. The van der Waals surface area contributed by atoms with Crippen molar-refractivity contribution in [3.8, 4) is 6.07 Å². The Morgan fingerprint density at radius 1 is 1.35 bits per heavy atom. The van der Waals surface area contributed by atoms with Crippen LogP contribution in [0.3, 0.4) is 0 Å². The van der Waals surface area contributed by atoms with Crippen molar-refractivity contribution in [3.63, 3.8) is 0 Å². The second kappa shape index (κ2) is 6.92. The van der Waals surface area contributed by atoms with E-state index in [2.05, 4.69) is 16.5 Å². The molecule has 0 aromatic carbocycles. The first-order valence-corrected chi connectivity index (χ1v) is 5.99. The number of aromatic nitrogens is 2. The molecule has 1 aromatic rings. The highest BCUT2D eigenvalue weighted by molar-refractivity contribution is 5.54. The summed E-state index contributed by atoms with van der Waals surface area (Å²) in [5, 5.41) is 25.1. The van der Waals surface area contributed by atoms with Crippen molar-refractivity contribution in [1.29, 1.82) is 5.26 Å². The molecule has 0 fully saturated rings. The molecule has 1 rings (SSSR count). The fraction of sp³-hybridized carbons (Fsp3) is 0.667. The van der Waals surface area contributed by atoms with Crippen molar-refractivity contribution in [2.45, 2.75) is 32.6 Å². The molecule has 0 aliphatic carbocycles. The molecular formula is C12H20N4O. The lowest BCUT2D eigenvalue weighted by Gasteiger charge is -2.06. The molecule has 0 aliphatic rings. The molecule has 1 heterocycles. The van der Waals surface area contributed by atoms with Crippen LogP contribution >= 0.6 is 0 Å². The van der Waals surface area contributed by atoms with E-state index in [-0.39, 0.29) is 6.61 Å². The zero-order valence-corrected chi connectivity index (χ0v) is 10.5. The van der Waals surface area contributed by atoms with Gasteiger partial charge in [0.05, 0.1) is 5.69 Å². The molecule has 0 bridgehead atoms. The van der Waals surface area contributed by atoms with Crippen LogP contribution < -0.4 is 5.32 Å². The van der Waals surface area contributed by atoms with Crippen LogP contribution in [0, 0.1) is 18.3 Å². The highest BCUT2D eigenvalue weighted by Crippen LogP contribution is 2.17. The van der Waals surface area contributed by atoms with E-state index >= 15 is 0 Å². The number of hydrogen-bond acceptors (Lipinski definition) is 4. The maximum Gasteiger partial charge on any atom is 0.142 e. The third-order valence-corrected chi connectivity index (χ3v) is 2.71. The van der Waals surface area contributed by atoms with Crippen molar-refractivity contribution >= 4 is 5.82 Å². The van der Waals surface area contributed by atoms with Crippen molar-refractivity contribution in [2.24, 2.45) is 7.05 Å². The average Bonchev–Trinajstić information content (AvgIpc) is 2.58. The van der Waals surface area contributed by atoms with Crippen LogP contribution in [0.1, 0.15) is 36.9 Å². The van der Waals surface area contributed by atoms with Crippen molar-refractivity contribution in [2.75, 3.05) is 18.5 Å². The predicted molar refractivity (Wildman–Crippen MR) is 66.7 cm³/mol. The van der Waals surface area contributed by atoms with E-state index in [0.717, 1.165) is 43.7 Å². The SMILES string of the molecule is Cc1nn(C)c(NCCCCCCO)c1C#N. The van der Waals surface area contributed by atoms with Crippen molar-refractivity contribution < 1.29 is 5.11 Å². The van der Waals surface area contributed by atoms with Gasteiger partial charge in [-0.25, -0.2) is 0 Å². The quantitative estimate of drug-likeness (QED) is 0.705. The summed E-state index contributed by atoms with van der Waals surface area (Å²) in [5.41, 5.74) is 1.39. The van der Waals surface area contributed by atoms with Crippen LogP contribution in [-0.2, 0) is 7.05 Å². The molecule has 0 spiro atoms. The number of aryl methyl sites for hydroxylation is 2. The summed E-state index contributed by atoms with van der Waals surface area (Å²) in [6.07, 6.45) is 4.04. The monoisotopic (exact) mass is 236 g/mol. The largest absolute Gasteiger partial charge is 0.396 e. The van der Waals surface area contributed by atoms with Crippen LogP contribution in [0.2, 0.25) is 0 Å². The van der Waals surface area contributed by atoms with Crippen molar-refractivity contribution in [3.05, 3.63) is 11.3 Å². The first-order valence-electron chi connectivity index (χ1n) is 5.99. The van der Waals surface area contributed by atoms with E-state index in [1.807, 2.05) is 14.0 Å². The minimum Gasteiger partial charge on any atom is -0.396 e. The first kappa shape index (κ1) is 13.5. The Labute approximate surface area is 102 Å². The topological polar surface area (TPSA) is 73.9 Å². The lowest BCUT2D eigenvalue weighted by molar-refractivity contribution is 0.283. The van der Waals surface area contributed by atoms with Gasteiger partial charge in [0.25, 0.3) is 0 Å². The van der Waals surface area contributed by atoms with Gasteiger partial charge in [-0.15, -0.1) is 0 Å². The van der Waals surface area contributed by atoms with E-state index < -0.39 is 0 Å². The number of unbranched alkanes of at least 4 members (excludes halogenated alkanes) is 3. The number of nitrogens with one attached hydrogen (secondary N) is 1. The van der Waals surface area contributed by atoms with Crippen LogP contribution in [-0.4, -0.2) is 28.0 Å². The van der Waals surface area contributed by atoms with Gasteiger partial charge in [-0.2, -0.15) is 10.4 Å². The minimum absolute atomic E-state index is 0.271. The number of anilines is 1. The fourth-order valence-corrected chi connectivity index (χ4v) is 1.79. The summed E-state index contributed by atoms with van der Waals surface area (Å²) < 4.78 is 1.71. The van der Waals surface area contributed by atoms with Gasteiger partial charge in [-0.05, 0) is 19.8 Å². The molecule has 17 heavy (non-hydrogen) atoms. The standard InChI is InChI=1S/C12H20N4O/c1-10-11(9-13)12(16(2)15-10)14-7-5-3-4-6-8-17/h14,17H,3-8H2,1-2H3. The Morgan fingerprint density at radius 2 is 2.06 bits per heavy atom. The lowest BCUT2D eigenvalue weighted by atomic mass is 10.2. The van der Waals surface area contributed by atoms with Gasteiger partial charge in [0, 0.05) is 20.2 Å². The Balaban J connectivity index is 2.39. The third kappa shape index (κ3) is 3.75. The summed E-state index contributed by atoms with van der Waals surface area (Å²) in [7, 11) is 1.84. The molecule has 0 aliphatic heterocycles. The lowest BCUT2D eigenvalue weighted by Crippen LogP contribution is -2.07. The normalized spacial score (nSPS) is 10.2. The second-order valence-corrected chi connectivity index (χ2v) is 4.11. The molecule has 0 amide bonds. The van der Waals surface area contributed by atoms with Crippen LogP contribution in [0.25, 0.3) is 0 Å². The number of aliphatic hydroxyl groups excluding tert-OH is 1. The second-order valence-electron chi connectivity index (χ2n) is 4.11. The molecule has 94 valence electrons. The van der Waals surface area contributed by atoms with Gasteiger partial charge in [0.2, 0.25) is 0 Å². The van der Waals surface area contributed by atoms with Gasteiger partial charge in [0.15, 0.2) is 0 Å². The van der Waals surface area contributed by atoms with Gasteiger partial charge in [0.1, 0.15) is 17.5 Å². The Kier molecular flexibility index (Phi) is 5.50. The van der Waals surface area contributed by atoms with Gasteiger partial charge >= 0.3 is 0 Å².